The first-order chi connectivity index (χ1) is 8.58. The van der Waals surface area contributed by atoms with Gasteiger partial charge in [0, 0.05) is 18.1 Å². The van der Waals surface area contributed by atoms with Crippen LogP contribution in [-0.4, -0.2) is 18.8 Å². The first-order valence-corrected chi connectivity index (χ1v) is 5.97. The fourth-order valence-electron chi connectivity index (χ4n) is 1.12. The molecule has 0 bridgehead atoms. The van der Waals surface area contributed by atoms with Crippen molar-refractivity contribution in [3.8, 4) is 0 Å². The number of ether oxygens (including phenoxy) is 1. The lowest BCUT2D eigenvalue weighted by molar-refractivity contribution is -0.137. The average molecular weight is 315 g/mol. The van der Waals surface area contributed by atoms with Crippen molar-refractivity contribution in [2.45, 2.75) is 6.92 Å². The molecule has 18 heavy (non-hydrogen) atoms. The summed E-state index contributed by atoms with van der Waals surface area (Å²) in [5, 5.41) is 9.82. The van der Waals surface area contributed by atoms with E-state index in [9.17, 15) is 9.18 Å². The highest BCUT2D eigenvalue weighted by atomic mass is 79.9. The van der Waals surface area contributed by atoms with Gasteiger partial charge in [-0.05, 0) is 41.1 Å². The fourth-order valence-corrected chi connectivity index (χ4v) is 1.37. The highest BCUT2D eigenvalue weighted by Crippen LogP contribution is 2.19. The van der Waals surface area contributed by atoms with Gasteiger partial charge in [0.1, 0.15) is 5.82 Å². The zero-order valence-corrected chi connectivity index (χ0v) is 11.3. The molecule has 0 fully saturated rings. The maximum Gasteiger partial charge on any atom is 0.341 e. The summed E-state index contributed by atoms with van der Waals surface area (Å²) >= 11 is 3.04. The zero-order valence-electron chi connectivity index (χ0n) is 9.67. The van der Waals surface area contributed by atoms with Crippen molar-refractivity contribution >= 4 is 33.8 Å². The van der Waals surface area contributed by atoms with Gasteiger partial charge in [-0.15, -0.1) is 0 Å². The van der Waals surface area contributed by atoms with E-state index in [0.29, 0.717) is 10.2 Å². The second-order valence-electron chi connectivity index (χ2n) is 3.24. The SMILES string of the molecule is CCOC(=O)/C(C=N)=C/Nc1ccc(Br)c(F)c1. The van der Waals surface area contributed by atoms with Gasteiger partial charge in [-0.1, -0.05) is 0 Å². The van der Waals surface area contributed by atoms with Crippen molar-refractivity contribution in [3.63, 3.8) is 0 Å². The topological polar surface area (TPSA) is 62.2 Å². The molecule has 0 aliphatic carbocycles. The molecule has 6 heteroatoms. The minimum absolute atomic E-state index is 0.0557. The monoisotopic (exact) mass is 314 g/mol. The molecule has 1 rings (SSSR count). The van der Waals surface area contributed by atoms with E-state index in [4.69, 9.17) is 10.1 Å². The summed E-state index contributed by atoms with van der Waals surface area (Å²) in [6.07, 6.45) is 2.17. The van der Waals surface area contributed by atoms with Gasteiger partial charge in [0.15, 0.2) is 0 Å². The lowest BCUT2D eigenvalue weighted by atomic mass is 10.3. The molecular weight excluding hydrogens is 303 g/mol. The summed E-state index contributed by atoms with van der Waals surface area (Å²) in [6, 6.07) is 4.45. The Bertz CT molecular complexity index is 489. The van der Waals surface area contributed by atoms with Crippen LogP contribution >= 0.6 is 15.9 Å². The molecule has 2 N–H and O–H groups in total. The molecule has 0 unspecified atom stereocenters. The van der Waals surface area contributed by atoms with Crippen LogP contribution in [0.4, 0.5) is 10.1 Å². The number of hydrogen-bond donors (Lipinski definition) is 2. The van der Waals surface area contributed by atoms with E-state index in [1.807, 2.05) is 0 Å². The summed E-state index contributed by atoms with van der Waals surface area (Å²) < 4.78 is 18.3. The van der Waals surface area contributed by atoms with Gasteiger partial charge >= 0.3 is 5.97 Å². The fraction of sp³-hybridized carbons (Fsp3) is 0.167. The van der Waals surface area contributed by atoms with Crippen LogP contribution in [0, 0.1) is 11.2 Å². The summed E-state index contributed by atoms with van der Waals surface area (Å²) in [6.45, 7) is 1.91. The third-order valence-electron chi connectivity index (χ3n) is 1.98. The molecule has 1 aromatic rings. The Morgan fingerprint density at radius 3 is 2.89 bits per heavy atom. The zero-order chi connectivity index (χ0) is 13.5. The first-order valence-electron chi connectivity index (χ1n) is 5.17. The van der Waals surface area contributed by atoms with Crippen LogP contribution in [0.1, 0.15) is 6.92 Å². The smallest absolute Gasteiger partial charge is 0.341 e. The molecule has 96 valence electrons. The molecule has 0 amide bonds. The van der Waals surface area contributed by atoms with Gasteiger partial charge in [0.2, 0.25) is 0 Å². The number of esters is 1. The Balaban J connectivity index is 2.79. The molecule has 0 saturated heterocycles. The summed E-state index contributed by atoms with van der Waals surface area (Å²) in [4.78, 5) is 11.4. The Kier molecular flexibility index (Phi) is 5.51. The van der Waals surface area contributed by atoms with Crippen LogP contribution in [0.2, 0.25) is 0 Å². The minimum Gasteiger partial charge on any atom is -0.462 e. The number of anilines is 1. The normalized spacial score (nSPS) is 10.9. The van der Waals surface area contributed by atoms with Crippen molar-refractivity contribution in [2.24, 2.45) is 0 Å². The van der Waals surface area contributed by atoms with E-state index in [0.717, 1.165) is 6.21 Å². The Morgan fingerprint density at radius 2 is 2.33 bits per heavy atom. The predicted octanol–water partition coefficient (Wildman–Crippen LogP) is 3.10. The molecule has 4 nitrogen and oxygen atoms in total. The average Bonchev–Trinajstić information content (AvgIpc) is 2.34. The number of benzene rings is 1. The van der Waals surface area contributed by atoms with E-state index in [1.165, 1.54) is 12.3 Å². The number of nitrogens with one attached hydrogen (secondary N) is 2. The maximum absolute atomic E-state index is 13.2. The number of rotatable bonds is 5. The lowest BCUT2D eigenvalue weighted by Gasteiger charge is -2.04. The second-order valence-corrected chi connectivity index (χ2v) is 4.09. The minimum atomic E-state index is -0.599. The van der Waals surface area contributed by atoms with Gasteiger partial charge in [0.05, 0.1) is 16.7 Å². The molecule has 0 saturated carbocycles. The highest BCUT2D eigenvalue weighted by Gasteiger charge is 2.07. The van der Waals surface area contributed by atoms with Crippen molar-refractivity contribution in [2.75, 3.05) is 11.9 Å². The molecule has 0 atom stereocenters. The predicted molar refractivity (Wildman–Crippen MR) is 71.2 cm³/mol. The standard InChI is InChI=1S/C12H12BrFN2O2/c1-2-18-12(17)8(6-15)7-16-9-3-4-10(13)11(14)5-9/h3-7,15-16H,2H2,1H3/b8-7+,15-6?. The molecule has 0 radical (unpaired) electrons. The summed E-state index contributed by atoms with van der Waals surface area (Å²) in [5.41, 5.74) is 0.527. The number of carbonyl (C=O) groups is 1. The number of halogens is 2. The second kappa shape index (κ2) is 6.90. The molecule has 0 aromatic heterocycles. The Morgan fingerprint density at radius 1 is 1.61 bits per heavy atom. The van der Waals surface area contributed by atoms with Gasteiger partial charge in [-0.2, -0.15) is 0 Å². The number of hydrogen-bond acceptors (Lipinski definition) is 4. The van der Waals surface area contributed by atoms with Gasteiger partial charge in [-0.3, -0.25) is 0 Å². The van der Waals surface area contributed by atoms with Crippen molar-refractivity contribution < 1.29 is 13.9 Å². The lowest BCUT2D eigenvalue weighted by Crippen LogP contribution is -2.10. The van der Waals surface area contributed by atoms with Crippen LogP contribution in [0.15, 0.2) is 34.4 Å². The molecule has 1 aromatic carbocycles. The van der Waals surface area contributed by atoms with Crippen molar-refractivity contribution in [1.82, 2.24) is 0 Å². The quantitative estimate of drug-likeness (QED) is 0.499. The first kappa shape index (κ1) is 14.4. The van der Waals surface area contributed by atoms with E-state index >= 15 is 0 Å². The van der Waals surface area contributed by atoms with E-state index in [-0.39, 0.29) is 12.2 Å². The molecule has 0 aliphatic heterocycles. The molecule has 0 heterocycles. The summed E-state index contributed by atoms with van der Waals surface area (Å²) in [5.74, 6) is -1.02. The molecule has 0 spiro atoms. The van der Waals surface area contributed by atoms with E-state index in [2.05, 4.69) is 21.2 Å². The van der Waals surface area contributed by atoms with Gasteiger partial charge in [0.25, 0.3) is 0 Å². The Hall–Kier alpha value is -1.69. The van der Waals surface area contributed by atoms with E-state index in [1.54, 1.807) is 19.1 Å². The van der Waals surface area contributed by atoms with Gasteiger partial charge in [-0.25, -0.2) is 9.18 Å². The molecular formula is C12H12BrFN2O2. The Labute approximate surface area is 112 Å². The van der Waals surface area contributed by atoms with Gasteiger partial charge < -0.3 is 15.5 Å². The largest absolute Gasteiger partial charge is 0.462 e. The number of carbonyl (C=O) groups excluding carboxylic acids is 1. The van der Waals surface area contributed by atoms with Crippen LogP contribution < -0.4 is 5.32 Å². The van der Waals surface area contributed by atoms with Crippen molar-refractivity contribution in [1.29, 1.82) is 5.41 Å². The maximum atomic E-state index is 13.2. The van der Waals surface area contributed by atoms with E-state index < -0.39 is 11.8 Å². The summed E-state index contributed by atoms with van der Waals surface area (Å²) in [7, 11) is 0. The van der Waals surface area contributed by atoms with Crippen LogP contribution in [0.25, 0.3) is 0 Å². The van der Waals surface area contributed by atoms with Crippen LogP contribution in [-0.2, 0) is 9.53 Å². The highest BCUT2D eigenvalue weighted by molar-refractivity contribution is 9.10. The van der Waals surface area contributed by atoms with Crippen LogP contribution in [0.5, 0.6) is 0 Å². The third-order valence-corrected chi connectivity index (χ3v) is 2.62. The molecule has 0 aliphatic rings. The third kappa shape index (κ3) is 3.96. The van der Waals surface area contributed by atoms with Crippen molar-refractivity contribution in [3.05, 3.63) is 40.3 Å². The van der Waals surface area contributed by atoms with Crippen LogP contribution in [0.3, 0.4) is 0 Å².